The summed E-state index contributed by atoms with van der Waals surface area (Å²) in [6.45, 7) is 9.73. The molecule has 0 heteroatoms. The van der Waals surface area contributed by atoms with Crippen LogP contribution in [0.1, 0.15) is 79.1 Å². The van der Waals surface area contributed by atoms with E-state index in [2.05, 4.69) is 33.8 Å². The summed E-state index contributed by atoms with van der Waals surface area (Å²) >= 11 is 0. The van der Waals surface area contributed by atoms with Crippen LogP contribution in [0.3, 0.4) is 0 Å². The molecular weight excluding hydrogens is 216 g/mol. The van der Waals surface area contributed by atoms with Crippen LogP contribution in [0.25, 0.3) is 0 Å². The zero-order valence-corrected chi connectivity index (χ0v) is 13.0. The third-order valence-electron chi connectivity index (χ3n) is 5.70. The highest BCUT2D eigenvalue weighted by Crippen LogP contribution is 2.57. The minimum atomic E-state index is 0.579. The highest BCUT2D eigenvalue weighted by molar-refractivity contribution is 5.22. The van der Waals surface area contributed by atoms with E-state index in [4.69, 9.17) is 0 Å². The molecular formula is C18H32. The second-order valence-electron chi connectivity index (χ2n) is 7.49. The number of allylic oxidation sites excluding steroid dienone is 2. The van der Waals surface area contributed by atoms with Gasteiger partial charge in [0.2, 0.25) is 0 Å². The molecule has 0 aromatic carbocycles. The van der Waals surface area contributed by atoms with Crippen molar-refractivity contribution in [3.63, 3.8) is 0 Å². The lowest BCUT2D eigenvalue weighted by molar-refractivity contribution is 0.126. The normalized spacial score (nSPS) is 38.4. The second-order valence-corrected chi connectivity index (χ2v) is 7.49. The van der Waals surface area contributed by atoms with Gasteiger partial charge in [0, 0.05) is 0 Å². The number of unbranched alkanes of at least 4 members (excludes halogenated alkanes) is 1. The Kier molecular flexibility index (Phi) is 4.56. The van der Waals surface area contributed by atoms with Gasteiger partial charge in [-0.15, -0.1) is 0 Å². The lowest BCUT2D eigenvalue weighted by atomic mass is 9.63. The van der Waals surface area contributed by atoms with Crippen molar-refractivity contribution in [3.05, 3.63) is 11.6 Å². The van der Waals surface area contributed by atoms with Crippen molar-refractivity contribution in [2.75, 3.05) is 0 Å². The van der Waals surface area contributed by atoms with Gasteiger partial charge in [0.05, 0.1) is 0 Å². The largest absolute Gasteiger partial charge is 0.0848 e. The summed E-state index contributed by atoms with van der Waals surface area (Å²) in [6, 6.07) is 0. The number of hydrogen-bond acceptors (Lipinski definition) is 0. The molecule has 0 nitrogen and oxygen atoms in total. The summed E-state index contributed by atoms with van der Waals surface area (Å²) in [5.41, 5.74) is 2.40. The lowest BCUT2D eigenvalue weighted by Gasteiger charge is -2.41. The Labute approximate surface area is 114 Å². The van der Waals surface area contributed by atoms with E-state index in [9.17, 15) is 0 Å². The van der Waals surface area contributed by atoms with Gasteiger partial charge in [0.15, 0.2) is 0 Å². The van der Waals surface area contributed by atoms with Crippen molar-refractivity contribution in [1.82, 2.24) is 0 Å². The van der Waals surface area contributed by atoms with Crippen molar-refractivity contribution in [1.29, 1.82) is 0 Å². The predicted octanol–water partition coefficient (Wildman–Crippen LogP) is 5.98. The third kappa shape index (κ3) is 2.83. The fourth-order valence-corrected chi connectivity index (χ4v) is 4.54. The van der Waals surface area contributed by atoms with E-state index in [-0.39, 0.29) is 0 Å². The van der Waals surface area contributed by atoms with Gasteiger partial charge in [0.1, 0.15) is 0 Å². The molecule has 0 radical (unpaired) electrons. The molecule has 0 aliphatic heterocycles. The smallest absolute Gasteiger partial charge is 0.00855 e. The molecule has 0 spiro atoms. The maximum atomic E-state index is 2.63. The average Bonchev–Trinajstić information content (AvgIpc) is 2.63. The van der Waals surface area contributed by atoms with Gasteiger partial charge in [-0.3, -0.25) is 0 Å². The van der Waals surface area contributed by atoms with Crippen LogP contribution in [0, 0.1) is 23.2 Å². The van der Waals surface area contributed by atoms with Gasteiger partial charge >= 0.3 is 0 Å². The highest BCUT2D eigenvalue weighted by atomic mass is 14.5. The molecule has 2 rings (SSSR count). The van der Waals surface area contributed by atoms with Gasteiger partial charge in [-0.2, -0.15) is 0 Å². The van der Waals surface area contributed by atoms with Crippen LogP contribution in [-0.2, 0) is 0 Å². The Bertz CT molecular complexity index is 299. The highest BCUT2D eigenvalue weighted by Gasteiger charge is 2.46. The van der Waals surface area contributed by atoms with E-state index in [0.717, 1.165) is 17.8 Å². The predicted molar refractivity (Wildman–Crippen MR) is 80.6 cm³/mol. The number of rotatable bonds is 4. The summed E-state index contributed by atoms with van der Waals surface area (Å²) in [5, 5.41) is 0. The van der Waals surface area contributed by atoms with Crippen LogP contribution < -0.4 is 0 Å². The Hall–Kier alpha value is -0.260. The number of fused-ring (bicyclic) bond motifs is 1. The molecule has 2 fully saturated rings. The first-order chi connectivity index (χ1) is 8.54. The van der Waals surface area contributed by atoms with Gasteiger partial charge in [-0.25, -0.2) is 0 Å². The molecule has 18 heavy (non-hydrogen) atoms. The molecule has 104 valence electrons. The zero-order chi connectivity index (χ0) is 13.2. The first-order valence-corrected chi connectivity index (χ1v) is 8.23. The maximum absolute atomic E-state index is 2.63. The first kappa shape index (κ1) is 14.2. The molecule has 0 unspecified atom stereocenters. The summed E-state index contributed by atoms with van der Waals surface area (Å²) < 4.78 is 0. The van der Waals surface area contributed by atoms with E-state index < -0.39 is 0 Å². The van der Waals surface area contributed by atoms with E-state index in [0.29, 0.717) is 5.41 Å². The standard InChI is InChI=1S/C18H32/c1-14(2)8-5-6-10-16-11-12-17-15(3)9-7-13-18(16,17)4/h10,14-15,17H,5-9,11-13H2,1-4H3/b16-10-/t15-,17-,18+/m0/s1. The molecule has 2 saturated carbocycles. The van der Waals surface area contributed by atoms with Crippen LogP contribution in [0.2, 0.25) is 0 Å². The Morgan fingerprint density at radius 2 is 2.11 bits per heavy atom. The topological polar surface area (TPSA) is 0 Å². The van der Waals surface area contributed by atoms with Gasteiger partial charge in [-0.05, 0) is 55.3 Å². The second kappa shape index (κ2) is 5.80. The molecule has 2 aliphatic carbocycles. The van der Waals surface area contributed by atoms with Crippen LogP contribution in [0.4, 0.5) is 0 Å². The van der Waals surface area contributed by atoms with Crippen LogP contribution in [0.15, 0.2) is 11.6 Å². The van der Waals surface area contributed by atoms with Crippen LogP contribution >= 0.6 is 0 Å². The molecule has 0 aromatic heterocycles. The molecule has 0 N–H and O–H groups in total. The number of hydrogen-bond donors (Lipinski definition) is 0. The Balaban J connectivity index is 1.95. The third-order valence-corrected chi connectivity index (χ3v) is 5.70. The minimum absolute atomic E-state index is 0.579. The Morgan fingerprint density at radius 3 is 2.83 bits per heavy atom. The fraction of sp³-hybridized carbons (Fsp3) is 0.889. The van der Waals surface area contributed by atoms with Gasteiger partial charge in [0.25, 0.3) is 0 Å². The van der Waals surface area contributed by atoms with Crippen LogP contribution in [-0.4, -0.2) is 0 Å². The summed E-state index contributed by atoms with van der Waals surface area (Å²) in [5.74, 6) is 2.82. The molecule has 2 aliphatic rings. The zero-order valence-electron chi connectivity index (χ0n) is 13.0. The molecule has 0 aromatic rings. The molecule has 0 heterocycles. The van der Waals surface area contributed by atoms with E-state index in [1.807, 2.05) is 5.57 Å². The van der Waals surface area contributed by atoms with E-state index in [1.165, 1.54) is 51.4 Å². The first-order valence-electron chi connectivity index (χ1n) is 8.23. The van der Waals surface area contributed by atoms with Crippen molar-refractivity contribution in [3.8, 4) is 0 Å². The molecule has 0 amide bonds. The van der Waals surface area contributed by atoms with E-state index in [1.54, 1.807) is 0 Å². The SMILES string of the molecule is CC(C)CCC/C=C1/CC[C@H]2[C@@H](C)CCC[C@]12C. The monoisotopic (exact) mass is 248 g/mol. The Morgan fingerprint density at radius 1 is 1.33 bits per heavy atom. The van der Waals surface area contributed by atoms with Crippen molar-refractivity contribution in [2.24, 2.45) is 23.2 Å². The molecule has 3 atom stereocenters. The summed E-state index contributed by atoms with van der Waals surface area (Å²) in [4.78, 5) is 0. The van der Waals surface area contributed by atoms with Crippen molar-refractivity contribution >= 4 is 0 Å². The fourth-order valence-electron chi connectivity index (χ4n) is 4.54. The quantitative estimate of drug-likeness (QED) is 0.424. The van der Waals surface area contributed by atoms with Gasteiger partial charge in [-0.1, -0.05) is 58.6 Å². The molecule has 0 saturated heterocycles. The minimum Gasteiger partial charge on any atom is -0.0848 e. The van der Waals surface area contributed by atoms with Gasteiger partial charge < -0.3 is 0 Å². The van der Waals surface area contributed by atoms with Crippen molar-refractivity contribution in [2.45, 2.75) is 79.1 Å². The summed E-state index contributed by atoms with van der Waals surface area (Å²) in [7, 11) is 0. The maximum Gasteiger partial charge on any atom is -0.00855 e. The van der Waals surface area contributed by atoms with Crippen LogP contribution in [0.5, 0.6) is 0 Å². The van der Waals surface area contributed by atoms with E-state index >= 15 is 0 Å². The average molecular weight is 248 g/mol. The lowest BCUT2D eigenvalue weighted by Crippen LogP contribution is -2.32. The molecule has 0 bridgehead atoms. The van der Waals surface area contributed by atoms with Crippen molar-refractivity contribution < 1.29 is 0 Å². The summed E-state index contributed by atoms with van der Waals surface area (Å²) in [6.07, 6.45) is 14.0.